The number of ketones is 1. The van der Waals surface area contributed by atoms with Crippen LogP contribution in [0.5, 0.6) is 0 Å². The molecule has 0 aliphatic carbocycles. The molecule has 0 aliphatic heterocycles. The number of hydrogen-bond acceptors (Lipinski definition) is 4. The van der Waals surface area contributed by atoms with Gasteiger partial charge in [-0.2, -0.15) is 4.98 Å². The Hall–Kier alpha value is -3.42. The second kappa shape index (κ2) is 6.55. The van der Waals surface area contributed by atoms with Gasteiger partial charge in [-0.1, -0.05) is 6.07 Å². The van der Waals surface area contributed by atoms with Crippen LogP contribution < -0.4 is 11.2 Å². The lowest BCUT2D eigenvalue weighted by atomic mass is 10.1. The third-order valence-corrected chi connectivity index (χ3v) is 5.91. The second-order valence-corrected chi connectivity index (χ2v) is 8.07. The highest BCUT2D eigenvalue weighted by Crippen LogP contribution is 2.25. The highest BCUT2D eigenvalue weighted by Gasteiger charge is 2.25. The number of aromatic nitrogens is 5. The van der Waals surface area contributed by atoms with Crippen molar-refractivity contribution in [3.05, 3.63) is 61.6 Å². The van der Waals surface area contributed by atoms with E-state index in [1.54, 1.807) is 18.4 Å². The van der Waals surface area contributed by atoms with Crippen molar-refractivity contribution in [3.63, 3.8) is 0 Å². The van der Waals surface area contributed by atoms with E-state index in [0.717, 1.165) is 32.8 Å². The van der Waals surface area contributed by atoms with Gasteiger partial charge in [0.05, 0.1) is 6.04 Å². The number of imidazole rings is 2. The number of aryl methyl sites for hydroxylation is 4. The maximum atomic E-state index is 13.4. The molecule has 8 heteroatoms. The summed E-state index contributed by atoms with van der Waals surface area (Å²) in [6.07, 6.45) is 0. The van der Waals surface area contributed by atoms with Crippen LogP contribution in [-0.4, -0.2) is 28.9 Å². The first-order chi connectivity index (χ1) is 14.0. The summed E-state index contributed by atoms with van der Waals surface area (Å²) in [5, 5.41) is 0. The van der Waals surface area contributed by atoms with Gasteiger partial charge in [0.15, 0.2) is 16.9 Å². The summed E-state index contributed by atoms with van der Waals surface area (Å²) in [5.74, 6) is 0.306. The van der Waals surface area contributed by atoms with E-state index in [0.29, 0.717) is 16.9 Å². The molecule has 0 unspecified atom stereocenters. The lowest BCUT2D eigenvalue weighted by Gasteiger charge is -2.12. The molecule has 0 saturated heterocycles. The molecule has 8 nitrogen and oxygen atoms in total. The fraction of sp³-hybridized carbons (Fsp3) is 0.364. The standard InChI is InChI=1S/C22H25N5O3/c1-11-8-12(2)10-17(9-11)25-13(3)14(4)26-18-19(23-21(25)26)24(7)22(30)27(20(18)29)15(5)16(6)28/h8-10,15H,1-7H3/t15-/m0/s1. The molecule has 1 aromatic carbocycles. The molecule has 0 aliphatic rings. The van der Waals surface area contributed by atoms with E-state index < -0.39 is 17.3 Å². The zero-order chi connectivity index (χ0) is 22.1. The summed E-state index contributed by atoms with van der Waals surface area (Å²) in [5.41, 5.74) is 4.52. The first-order valence-electron chi connectivity index (χ1n) is 9.85. The number of carbonyl (C=O) groups is 1. The summed E-state index contributed by atoms with van der Waals surface area (Å²) in [6.45, 7) is 10.9. The average Bonchev–Trinajstić information content (AvgIpc) is 3.15. The highest BCUT2D eigenvalue weighted by atomic mass is 16.2. The van der Waals surface area contributed by atoms with Crippen molar-refractivity contribution in [1.82, 2.24) is 23.1 Å². The van der Waals surface area contributed by atoms with Gasteiger partial charge in [-0.3, -0.25) is 23.1 Å². The Morgan fingerprint density at radius 1 is 1.00 bits per heavy atom. The van der Waals surface area contributed by atoms with Crippen LogP contribution in [0, 0.1) is 27.7 Å². The molecule has 30 heavy (non-hydrogen) atoms. The smallest absolute Gasteiger partial charge is 0.298 e. The van der Waals surface area contributed by atoms with Gasteiger partial charge >= 0.3 is 5.69 Å². The van der Waals surface area contributed by atoms with Crippen molar-refractivity contribution < 1.29 is 4.79 Å². The Morgan fingerprint density at radius 2 is 1.60 bits per heavy atom. The summed E-state index contributed by atoms with van der Waals surface area (Å²) in [6, 6.07) is 5.37. The third-order valence-electron chi connectivity index (χ3n) is 5.91. The summed E-state index contributed by atoms with van der Waals surface area (Å²) >= 11 is 0. The largest absolute Gasteiger partial charge is 0.333 e. The predicted molar refractivity (Wildman–Crippen MR) is 116 cm³/mol. The van der Waals surface area contributed by atoms with E-state index in [9.17, 15) is 14.4 Å². The molecule has 3 heterocycles. The van der Waals surface area contributed by atoms with Gasteiger partial charge in [-0.15, -0.1) is 0 Å². The molecular formula is C22H25N5O3. The van der Waals surface area contributed by atoms with Gasteiger partial charge < -0.3 is 0 Å². The van der Waals surface area contributed by atoms with Crippen LogP contribution in [-0.2, 0) is 11.8 Å². The fourth-order valence-electron chi connectivity index (χ4n) is 4.13. The Balaban J connectivity index is 2.21. The molecular weight excluding hydrogens is 382 g/mol. The number of fused-ring (bicyclic) bond motifs is 3. The maximum Gasteiger partial charge on any atom is 0.333 e. The molecule has 0 bridgehead atoms. The number of Topliss-reactive ketones (excluding diaryl/α,β-unsaturated/α-hetero) is 1. The molecule has 0 N–H and O–H groups in total. The van der Waals surface area contributed by atoms with E-state index >= 15 is 0 Å². The topological polar surface area (TPSA) is 83.3 Å². The van der Waals surface area contributed by atoms with Gasteiger partial charge in [0.1, 0.15) is 0 Å². The lowest BCUT2D eigenvalue weighted by molar-refractivity contribution is -0.119. The molecule has 3 aromatic heterocycles. The van der Waals surface area contributed by atoms with Crippen LogP contribution in [0.25, 0.3) is 22.6 Å². The van der Waals surface area contributed by atoms with E-state index in [2.05, 4.69) is 23.2 Å². The third kappa shape index (κ3) is 2.59. The first kappa shape index (κ1) is 19.9. The minimum Gasteiger partial charge on any atom is -0.298 e. The average molecular weight is 407 g/mol. The SMILES string of the molecule is CC(=O)[C@H](C)n1c(=O)c2c(nc3n(-c4cc(C)cc(C)c4)c(C)c(C)n23)n(C)c1=O. The second-order valence-electron chi connectivity index (χ2n) is 8.07. The molecule has 1 atom stereocenters. The van der Waals surface area contributed by atoms with Crippen molar-refractivity contribution in [2.24, 2.45) is 7.05 Å². The highest BCUT2D eigenvalue weighted by molar-refractivity contribution is 5.81. The lowest BCUT2D eigenvalue weighted by Crippen LogP contribution is -2.42. The molecule has 0 radical (unpaired) electrons. The predicted octanol–water partition coefficient (Wildman–Crippen LogP) is 2.52. The molecule has 0 spiro atoms. The Kier molecular flexibility index (Phi) is 4.34. The maximum absolute atomic E-state index is 13.4. The van der Waals surface area contributed by atoms with Gasteiger partial charge in [0.25, 0.3) is 5.56 Å². The van der Waals surface area contributed by atoms with E-state index in [4.69, 9.17) is 0 Å². The van der Waals surface area contributed by atoms with Crippen LogP contribution >= 0.6 is 0 Å². The minimum absolute atomic E-state index is 0.255. The Labute approximate surface area is 173 Å². The van der Waals surface area contributed by atoms with Crippen molar-refractivity contribution >= 4 is 22.7 Å². The number of carbonyl (C=O) groups excluding carboxylic acids is 1. The van der Waals surface area contributed by atoms with Crippen molar-refractivity contribution in [1.29, 1.82) is 0 Å². The van der Waals surface area contributed by atoms with Gasteiger partial charge in [0, 0.05) is 24.1 Å². The van der Waals surface area contributed by atoms with E-state index in [-0.39, 0.29) is 5.78 Å². The van der Waals surface area contributed by atoms with E-state index in [1.807, 2.05) is 32.3 Å². The molecule has 4 aromatic rings. The number of rotatable bonds is 3. The number of benzene rings is 1. The van der Waals surface area contributed by atoms with Crippen molar-refractivity contribution in [2.75, 3.05) is 0 Å². The first-order valence-corrected chi connectivity index (χ1v) is 9.85. The van der Waals surface area contributed by atoms with Crippen molar-refractivity contribution in [3.8, 4) is 5.69 Å². The summed E-state index contributed by atoms with van der Waals surface area (Å²) < 4.78 is 6.14. The molecule has 156 valence electrons. The number of hydrogen-bond donors (Lipinski definition) is 0. The van der Waals surface area contributed by atoms with Crippen LogP contribution in [0.3, 0.4) is 0 Å². The summed E-state index contributed by atoms with van der Waals surface area (Å²) in [7, 11) is 1.57. The fourth-order valence-corrected chi connectivity index (χ4v) is 4.13. The van der Waals surface area contributed by atoms with Gasteiger partial charge in [-0.05, 0) is 64.8 Å². The molecule has 0 saturated carbocycles. The zero-order valence-electron chi connectivity index (χ0n) is 18.3. The van der Waals surface area contributed by atoms with Crippen molar-refractivity contribution in [2.45, 2.75) is 47.6 Å². The minimum atomic E-state index is -0.853. The number of nitrogens with zero attached hydrogens (tertiary/aromatic N) is 5. The molecule has 4 rings (SSSR count). The van der Waals surface area contributed by atoms with Gasteiger partial charge in [-0.25, -0.2) is 9.36 Å². The Bertz CT molecular complexity index is 1460. The molecule has 0 fully saturated rings. The van der Waals surface area contributed by atoms with Crippen LogP contribution in [0.1, 0.15) is 42.4 Å². The van der Waals surface area contributed by atoms with Crippen LogP contribution in [0.15, 0.2) is 27.8 Å². The zero-order valence-corrected chi connectivity index (χ0v) is 18.3. The monoisotopic (exact) mass is 407 g/mol. The quantitative estimate of drug-likeness (QED) is 0.522. The molecule has 0 amide bonds. The van der Waals surface area contributed by atoms with Gasteiger partial charge in [0.2, 0.25) is 5.78 Å². The van der Waals surface area contributed by atoms with Crippen LogP contribution in [0.4, 0.5) is 0 Å². The normalized spacial score (nSPS) is 12.8. The Morgan fingerprint density at radius 3 is 2.17 bits per heavy atom. The van der Waals surface area contributed by atoms with Crippen LogP contribution in [0.2, 0.25) is 0 Å². The van der Waals surface area contributed by atoms with E-state index in [1.165, 1.54) is 11.5 Å². The summed E-state index contributed by atoms with van der Waals surface area (Å²) in [4.78, 5) is 42.9.